The second-order valence-corrected chi connectivity index (χ2v) is 6.76. The summed E-state index contributed by atoms with van der Waals surface area (Å²) in [6.07, 6.45) is 0.546. The molecule has 1 heterocycles. The summed E-state index contributed by atoms with van der Waals surface area (Å²) in [4.78, 5) is 26.4. The van der Waals surface area contributed by atoms with Gasteiger partial charge in [0.25, 0.3) is 0 Å². The molecule has 0 unspecified atom stereocenters. The summed E-state index contributed by atoms with van der Waals surface area (Å²) in [6.45, 7) is 1.07. The number of ether oxygens (including phenoxy) is 1. The highest BCUT2D eigenvalue weighted by Crippen LogP contribution is 2.23. The number of nitrogens with one attached hydrogen (secondary N) is 1. The van der Waals surface area contributed by atoms with E-state index in [4.69, 9.17) is 16.3 Å². The molecule has 1 atom stereocenters. The number of hydrogen-bond donors (Lipinski definition) is 1. The van der Waals surface area contributed by atoms with E-state index in [1.807, 2.05) is 47.4 Å². The van der Waals surface area contributed by atoms with Crippen molar-refractivity contribution in [3.63, 3.8) is 0 Å². The lowest BCUT2D eigenvalue weighted by Gasteiger charge is -2.34. The monoisotopic (exact) mass is 372 g/mol. The minimum atomic E-state index is -0.452. The Kier molecular flexibility index (Phi) is 5.91. The van der Waals surface area contributed by atoms with Gasteiger partial charge in [-0.3, -0.25) is 14.5 Å². The zero-order valence-corrected chi connectivity index (χ0v) is 15.3. The average molecular weight is 373 g/mol. The van der Waals surface area contributed by atoms with Crippen molar-refractivity contribution in [3.05, 3.63) is 70.2 Å². The minimum absolute atomic E-state index is 0.134. The van der Waals surface area contributed by atoms with Crippen molar-refractivity contribution < 1.29 is 14.3 Å². The number of benzene rings is 2. The number of halogens is 1. The maximum Gasteiger partial charge on any atom is 0.323 e. The Morgan fingerprint density at radius 2 is 1.96 bits per heavy atom. The van der Waals surface area contributed by atoms with Gasteiger partial charge in [0.2, 0.25) is 5.91 Å². The predicted octanol–water partition coefficient (Wildman–Crippen LogP) is 2.56. The van der Waals surface area contributed by atoms with Crippen molar-refractivity contribution in [1.29, 1.82) is 0 Å². The van der Waals surface area contributed by atoms with Crippen molar-refractivity contribution in [2.75, 3.05) is 13.7 Å². The smallest absolute Gasteiger partial charge is 0.323 e. The molecule has 0 radical (unpaired) electrons. The van der Waals surface area contributed by atoms with Gasteiger partial charge in [-0.1, -0.05) is 48.0 Å². The standard InChI is InChI=1S/C20H21ClN2O3/c1-26-20(25)18-10-15-6-2-3-7-16(15)12-23(18)13-19(24)22-11-14-5-4-8-17(21)9-14/h2-9,18H,10-13H2,1H3,(H,22,24)/t18-/m1/s1. The molecule has 0 bridgehead atoms. The highest BCUT2D eigenvalue weighted by Gasteiger charge is 2.33. The number of fused-ring (bicyclic) bond motifs is 1. The molecule has 0 fully saturated rings. The Morgan fingerprint density at radius 1 is 1.19 bits per heavy atom. The first-order valence-corrected chi connectivity index (χ1v) is 8.84. The Hall–Kier alpha value is -2.37. The Bertz CT molecular complexity index is 809. The van der Waals surface area contributed by atoms with E-state index in [-0.39, 0.29) is 18.4 Å². The number of carbonyl (C=O) groups excluding carboxylic acids is 2. The van der Waals surface area contributed by atoms with Crippen LogP contribution in [0.5, 0.6) is 0 Å². The van der Waals surface area contributed by atoms with Gasteiger partial charge in [-0.2, -0.15) is 0 Å². The van der Waals surface area contributed by atoms with Gasteiger partial charge >= 0.3 is 5.97 Å². The molecule has 1 aliphatic heterocycles. The van der Waals surface area contributed by atoms with Gasteiger partial charge in [0.15, 0.2) is 0 Å². The van der Waals surface area contributed by atoms with Crippen molar-refractivity contribution in [2.45, 2.75) is 25.6 Å². The Morgan fingerprint density at radius 3 is 2.69 bits per heavy atom. The van der Waals surface area contributed by atoms with Crippen LogP contribution in [0.1, 0.15) is 16.7 Å². The number of nitrogens with zero attached hydrogens (tertiary/aromatic N) is 1. The van der Waals surface area contributed by atoms with Crippen LogP contribution < -0.4 is 5.32 Å². The summed E-state index contributed by atoms with van der Waals surface area (Å²) in [7, 11) is 1.38. The molecule has 0 saturated carbocycles. The zero-order valence-electron chi connectivity index (χ0n) is 14.6. The topological polar surface area (TPSA) is 58.6 Å². The normalized spacial score (nSPS) is 16.6. The molecular formula is C20H21ClN2O3. The summed E-state index contributed by atoms with van der Waals surface area (Å²) < 4.78 is 4.93. The summed E-state index contributed by atoms with van der Waals surface area (Å²) >= 11 is 5.96. The number of esters is 1. The first-order valence-electron chi connectivity index (χ1n) is 8.46. The number of rotatable bonds is 5. The zero-order chi connectivity index (χ0) is 18.5. The summed E-state index contributed by atoms with van der Waals surface area (Å²) in [5.41, 5.74) is 3.19. The largest absolute Gasteiger partial charge is 0.468 e. The third-order valence-electron chi connectivity index (χ3n) is 4.54. The number of methoxy groups -OCH3 is 1. The number of amides is 1. The van der Waals surface area contributed by atoms with E-state index in [2.05, 4.69) is 5.32 Å². The molecule has 3 rings (SSSR count). The van der Waals surface area contributed by atoms with E-state index in [0.717, 1.165) is 16.7 Å². The van der Waals surface area contributed by atoms with E-state index in [9.17, 15) is 9.59 Å². The summed E-state index contributed by atoms with van der Waals surface area (Å²) in [5, 5.41) is 3.52. The fraction of sp³-hybridized carbons (Fsp3) is 0.300. The molecule has 1 aliphatic rings. The molecule has 0 spiro atoms. The SMILES string of the molecule is COC(=O)[C@H]1Cc2ccccc2CN1CC(=O)NCc1cccc(Cl)c1. The Labute approximate surface area is 157 Å². The maximum atomic E-state index is 12.4. The third kappa shape index (κ3) is 4.42. The lowest BCUT2D eigenvalue weighted by atomic mass is 9.94. The first kappa shape index (κ1) is 18.4. The van der Waals surface area contributed by atoms with Crippen molar-refractivity contribution in [2.24, 2.45) is 0 Å². The van der Waals surface area contributed by atoms with E-state index in [1.54, 1.807) is 6.07 Å². The highest BCUT2D eigenvalue weighted by molar-refractivity contribution is 6.30. The second-order valence-electron chi connectivity index (χ2n) is 6.32. The van der Waals surface area contributed by atoms with Gasteiger partial charge in [0.1, 0.15) is 6.04 Å². The second kappa shape index (κ2) is 8.34. The Balaban J connectivity index is 1.66. The molecule has 2 aromatic rings. The molecule has 2 aromatic carbocycles. The van der Waals surface area contributed by atoms with E-state index in [0.29, 0.717) is 24.5 Å². The van der Waals surface area contributed by atoms with Crippen LogP contribution in [0.3, 0.4) is 0 Å². The van der Waals surface area contributed by atoms with Crippen LogP contribution in [0.15, 0.2) is 48.5 Å². The van der Waals surface area contributed by atoms with Crippen LogP contribution in [-0.4, -0.2) is 36.5 Å². The van der Waals surface area contributed by atoms with Gasteiger partial charge < -0.3 is 10.1 Å². The molecule has 26 heavy (non-hydrogen) atoms. The molecule has 5 nitrogen and oxygen atoms in total. The first-order chi connectivity index (χ1) is 12.6. The third-order valence-corrected chi connectivity index (χ3v) is 4.78. The summed E-state index contributed by atoms with van der Waals surface area (Å²) in [6, 6.07) is 14.9. The van der Waals surface area contributed by atoms with Gasteiger partial charge in [0.05, 0.1) is 13.7 Å². The van der Waals surface area contributed by atoms with Crippen LogP contribution in [-0.2, 0) is 33.8 Å². The maximum absolute atomic E-state index is 12.4. The van der Waals surface area contributed by atoms with Crippen molar-refractivity contribution in [3.8, 4) is 0 Å². The van der Waals surface area contributed by atoms with Gasteiger partial charge in [-0.05, 0) is 35.2 Å². The average Bonchev–Trinajstić information content (AvgIpc) is 2.65. The molecular weight excluding hydrogens is 352 g/mol. The predicted molar refractivity (Wildman–Crippen MR) is 99.7 cm³/mol. The van der Waals surface area contributed by atoms with Crippen molar-refractivity contribution in [1.82, 2.24) is 10.2 Å². The van der Waals surface area contributed by atoms with Gasteiger partial charge in [-0.25, -0.2) is 0 Å². The molecule has 0 saturated heterocycles. The van der Waals surface area contributed by atoms with Gasteiger partial charge in [-0.15, -0.1) is 0 Å². The number of carbonyl (C=O) groups is 2. The van der Waals surface area contributed by atoms with Crippen LogP contribution >= 0.6 is 11.6 Å². The lowest BCUT2D eigenvalue weighted by molar-refractivity contribution is -0.148. The van der Waals surface area contributed by atoms with Crippen LogP contribution in [0.25, 0.3) is 0 Å². The van der Waals surface area contributed by atoms with E-state index < -0.39 is 6.04 Å². The summed E-state index contributed by atoms with van der Waals surface area (Å²) in [5.74, 6) is -0.458. The molecule has 0 aromatic heterocycles. The fourth-order valence-electron chi connectivity index (χ4n) is 3.20. The van der Waals surface area contributed by atoms with E-state index >= 15 is 0 Å². The molecule has 0 aliphatic carbocycles. The van der Waals surface area contributed by atoms with Crippen LogP contribution in [0.4, 0.5) is 0 Å². The quantitative estimate of drug-likeness (QED) is 0.819. The molecule has 1 amide bonds. The lowest BCUT2D eigenvalue weighted by Crippen LogP contribution is -2.49. The van der Waals surface area contributed by atoms with Gasteiger partial charge in [0, 0.05) is 18.1 Å². The fourth-order valence-corrected chi connectivity index (χ4v) is 3.41. The van der Waals surface area contributed by atoms with Crippen molar-refractivity contribution >= 4 is 23.5 Å². The molecule has 136 valence electrons. The van der Waals surface area contributed by atoms with Crippen LogP contribution in [0, 0.1) is 0 Å². The molecule has 1 N–H and O–H groups in total. The highest BCUT2D eigenvalue weighted by atomic mass is 35.5. The minimum Gasteiger partial charge on any atom is -0.468 e. The molecule has 6 heteroatoms. The van der Waals surface area contributed by atoms with Crippen LogP contribution in [0.2, 0.25) is 5.02 Å². The number of hydrogen-bond acceptors (Lipinski definition) is 4. The van der Waals surface area contributed by atoms with E-state index in [1.165, 1.54) is 7.11 Å².